The van der Waals surface area contributed by atoms with Crippen molar-refractivity contribution >= 4 is 17.5 Å². The lowest BCUT2D eigenvalue weighted by Crippen LogP contribution is -2.15. The standard InChI is InChI=1S/C16H20N4O3/c1-2-22-16(21)14-6-3-7-17-15(14)19-12-9-18-20(10-12)11-13-5-4-8-23-13/h3,6-7,9-10,13H,2,4-5,8,11H2,1H3,(H,17,19)/t13-/m0/s1. The summed E-state index contributed by atoms with van der Waals surface area (Å²) in [5, 5.41) is 7.44. The number of nitrogens with one attached hydrogen (secondary N) is 1. The van der Waals surface area contributed by atoms with Gasteiger partial charge in [0.05, 0.1) is 31.1 Å². The van der Waals surface area contributed by atoms with E-state index in [1.165, 1.54) is 0 Å². The lowest BCUT2D eigenvalue weighted by molar-refractivity contribution is 0.0527. The summed E-state index contributed by atoms with van der Waals surface area (Å²) in [5.41, 5.74) is 1.17. The van der Waals surface area contributed by atoms with E-state index >= 15 is 0 Å². The topological polar surface area (TPSA) is 78.3 Å². The third-order valence-corrected chi connectivity index (χ3v) is 3.61. The van der Waals surface area contributed by atoms with Gasteiger partial charge in [-0.05, 0) is 31.9 Å². The number of anilines is 2. The van der Waals surface area contributed by atoms with E-state index in [9.17, 15) is 4.79 Å². The average molecular weight is 316 g/mol. The van der Waals surface area contributed by atoms with E-state index < -0.39 is 5.97 Å². The van der Waals surface area contributed by atoms with Crippen molar-refractivity contribution in [2.24, 2.45) is 0 Å². The summed E-state index contributed by atoms with van der Waals surface area (Å²) >= 11 is 0. The summed E-state index contributed by atoms with van der Waals surface area (Å²) in [6, 6.07) is 3.39. The van der Waals surface area contributed by atoms with Crippen LogP contribution in [-0.2, 0) is 16.0 Å². The van der Waals surface area contributed by atoms with Crippen molar-refractivity contribution in [2.45, 2.75) is 32.4 Å². The third kappa shape index (κ3) is 3.87. The zero-order chi connectivity index (χ0) is 16.1. The lowest BCUT2D eigenvalue weighted by atomic mass is 10.2. The molecule has 0 unspecified atom stereocenters. The van der Waals surface area contributed by atoms with Crippen LogP contribution < -0.4 is 5.32 Å². The zero-order valence-electron chi connectivity index (χ0n) is 13.1. The minimum atomic E-state index is -0.394. The van der Waals surface area contributed by atoms with Gasteiger partial charge in [0.2, 0.25) is 0 Å². The number of carbonyl (C=O) groups excluding carboxylic acids is 1. The fourth-order valence-electron chi connectivity index (χ4n) is 2.54. The van der Waals surface area contributed by atoms with E-state index in [0.717, 1.165) is 31.7 Å². The first-order valence-electron chi connectivity index (χ1n) is 7.79. The number of aromatic nitrogens is 3. The van der Waals surface area contributed by atoms with E-state index in [1.54, 1.807) is 31.5 Å². The Morgan fingerprint density at radius 2 is 2.48 bits per heavy atom. The molecule has 0 spiro atoms. The number of rotatable bonds is 6. The van der Waals surface area contributed by atoms with Gasteiger partial charge in [0.25, 0.3) is 0 Å². The molecule has 1 N–H and O–H groups in total. The highest BCUT2D eigenvalue weighted by atomic mass is 16.5. The first kappa shape index (κ1) is 15.5. The summed E-state index contributed by atoms with van der Waals surface area (Å²) in [4.78, 5) is 16.2. The maximum Gasteiger partial charge on any atom is 0.341 e. The summed E-state index contributed by atoms with van der Waals surface area (Å²) in [7, 11) is 0. The number of ether oxygens (including phenoxy) is 2. The molecule has 2 aromatic heterocycles. The van der Waals surface area contributed by atoms with Gasteiger partial charge in [-0.2, -0.15) is 5.10 Å². The molecule has 1 fully saturated rings. The van der Waals surface area contributed by atoms with Gasteiger partial charge < -0.3 is 14.8 Å². The van der Waals surface area contributed by atoms with Crippen LogP contribution in [0.25, 0.3) is 0 Å². The van der Waals surface area contributed by atoms with Gasteiger partial charge in [0, 0.05) is 19.0 Å². The summed E-state index contributed by atoms with van der Waals surface area (Å²) in [6.45, 7) is 3.66. The van der Waals surface area contributed by atoms with Gasteiger partial charge in [0.15, 0.2) is 0 Å². The molecule has 122 valence electrons. The summed E-state index contributed by atoms with van der Waals surface area (Å²) < 4.78 is 12.5. The molecular formula is C16H20N4O3. The van der Waals surface area contributed by atoms with E-state index in [4.69, 9.17) is 9.47 Å². The Balaban J connectivity index is 1.69. The highest BCUT2D eigenvalue weighted by Gasteiger charge is 2.17. The SMILES string of the molecule is CCOC(=O)c1cccnc1Nc1cnn(C[C@@H]2CCCO2)c1. The molecule has 1 saturated heterocycles. The molecule has 0 aliphatic carbocycles. The van der Waals surface area contributed by atoms with Crippen molar-refractivity contribution in [2.75, 3.05) is 18.5 Å². The van der Waals surface area contributed by atoms with Gasteiger partial charge >= 0.3 is 5.97 Å². The van der Waals surface area contributed by atoms with Crippen LogP contribution in [-0.4, -0.2) is 40.1 Å². The molecule has 3 heterocycles. The van der Waals surface area contributed by atoms with E-state index in [2.05, 4.69) is 15.4 Å². The molecular weight excluding hydrogens is 296 g/mol. The van der Waals surface area contributed by atoms with Crippen molar-refractivity contribution in [3.8, 4) is 0 Å². The number of nitrogens with zero attached hydrogens (tertiary/aromatic N) is 3. The molecule has 0 bridgehead atoms. The lowest BCUT2D eigenvalue weighted by Gasteiger charge is -2.09. The second-order valence-electron chi connectivity index (χ2n) is 5.33. The van der Waals surface area contributed by atoms with Crippen molar-refractivity contribution in [1.82, 2.24) is 14.8 Å². The molecule has 0 radical (unpaired) electrons. The molecule has 7 heteroatoms. The average Bonchev–Trinajstić information content (AvgIpc) is 3.21. The predicted octanol–water partition coefficient (Wildman–Crippen LogP) is 2.38. The second kappa shape index (κ2) is 7.23. The molecule has 7 nitrogen and oxygen atoms in total. The number of esters is 1. The summed E-state index contributed by atoms with van der Waals surface area (Å²) in [5.74, 6) is 0.0671. The Hall–Kier alpha value is -2.41. The van der Waals surface area contributed by atoms with Crippen molar-refractivity contribution in [1.29, 1.82) is 0 Å². The minimum Gasteiger partial charge on any atom is -0.462 e. The van der Waals surface area contributed by atoms with Crippen LogP contribution in [0.1, 0.15) is 30.1 Å². The molecule has 0 aromatic carbocycles. The Kier molecular flexibility index (Phi) is 4.87. The van der Waals surface area contributed by atoms with Gasteiger partial charge in [-0.25, -0.2) is 9.78 Å². The largest absolute Gasteiger partial charge is 0.462 e. The van der Waals surface area contributed by atoms with Crippen molar-refractivity contribution < 1.29 is 14.3 Å². The van der Waals surface area contributed by atoms with Gasteiger partial charge in [-0.15, -0.1) is 0 Å². The quantitative estimate of drug-likeness (QED) is 0.824. The Morgan fingerprint density at radius 3 is 3.26 bits per heavy atom. The number of pyridine rings is 1. The number of hydrogen-bond acceptors (Lipinski definition) is 6. The Labute approximate surface area is 134 Å². The van der Waals surface area contributed by atoms with Gasteiger partial charge in [-0.1, -0.05) is 0 Å². The number of hydrogen-bond donors (Lipinski definition) is 1. The Bertz CT molecular complexity index is 665. The van der Waals surface area contributed by atoms with Crippen LogP contribution in [0.5, 0.6) is 0 Å². The third-order valence-electron chi connectivity index (χ3n) is 3.61. The zero-order valence-corrected chi connectivity index (χ0v) is 13.1. The Morgan fingerprint density at radius 1 is 1.57 bits per heavy atom. The molecule has 0 amide bonds. The molecule has 0 saturated carbocycles. The van der Waals surface area contributed by atoms with Crippen LogP contribution in [0.2, 0.25) is 0 Å². The molecule has 1 aliphatic rings. The van der Waals surface area contributed by atoms with E-state index in [1.807, 2.05) is 10.9 Å². The number of carbonyl (C=O) groups is 1. The van der Waals surface area contributed by atoms with Crippen LogP contribution in [0.4, 0.5) is 11.5 Å². The van der Waals surface area contributed by atoms with Crippen molar-refractivity contribution in [3.63, 3.8) is 0 Å². The van der Waals surface area contributed by atoms with Crippen LogP contribution >= 0.6 is 0 Å². The fraction of sp³-hybridized carbons (Fsp3) is 0.438. The van der Waals surface area contributed by atoms with Crippen molar-refractivity contribution in [3.05, 3.63) is 36.3 Å². The predicted molar refractivity (Wildman–Crippen MR) is 84.7 cm³/mol. The first-order valence-corrected chi connectivity index (χ1v) is 7.79. The normalized spacial score (nSPS) is 17.2. The molecule has 1 atom stereocenters. The van der Waals surface area contributed by atoms with E-state index in [0.29, 0.717) is 18.0 Å². The van der Waals surface area contributed by atoms with Crippen LogP contribution in [0, 0.1) is 0 Å². The van der Waals surface area contributed by atoms with E-state index in [-0.39, 0.29) is 6.10 Å². The summed E-state index contributed by atoms with van der Waals surface area (Å²) in [6.07, 6.45) is 7.61. The monoisotopic (exact) mass is 316 g/mol. The maximum atomic E-state index is 12.0. The second-order valence-corrected chi connectivity index (χ2v) is 5.33. The molecule has 1 aliphatic heterocycles. The van der Waals surface area contributed by atoms with Gasteiger partial charge in [-0.3, -0.25) is 4.68 Å². The van der Waals surface area contributed by atoms with Gasteiger partial charge in [0.1, 0.15) is 11.4 Å². The minimum absolute atomic E-state index is 0.229. The first-order chi connectivity index (χ1) is 11.3. The molecule has 23 heavy (non-hydrogen) atoms. The highest BCUT2D eigenvalue weighted by Crippen LogP contribution is 2.20. The smallest absolute Gasteiger partial charge is 0.341 e. The van der Waals surface area contributed by atoms with Crippen LogP contribution in [0.3, 0.4) is 0 Å². The fourth-order valence-corrected chi connectivity index (χ4v) is 2.54. The molecule has 2 aromatic rings. The highest BCUT2D eigenvalue weighted by molar-refractivity contribution is 5.95. The van der Waals surface area contributed by atoms with Crippen LogP contribution in [0.15, 0.2) is 30.7 Å². The molecule has 3 rings (SSSR count). The maximum absolute atomic E-state index is 12.0.